The van der Waals surface area contributed by atoms with E-state index in [1.54, 1.807) is 6.08 Å². The van der Waals surface area contributed by atoms with Crippen LogP contribution < -0.4 is 10.1 Å². The van der Waals surface area contributed by atoms with Crippen LogP contribution in [0.2, 0.25) is 0 Å². The lowest BCUT2D eigenvalue weighted by Gasteiger charge is -2.20. The number of allylic oxidation sites excluding steroid dienone is 2. The van der Waals surface area contributed by atoms with Crippen LogP contribution in [-0.4, -0.2) is 60.3 Å². The van der Waals surface area contributed by atoms with Gasteiger partial charge in [-0.25, -0.2) is 8.78 Å². The van der Waals surface area contributed by atoms with Crippen molar-refractivity contribution in [1.82, 2.24) is 20.2 Å². The first-order chi connectivity index (χ1) is 19.4. The first kappa shape index (κ1) is 29.8. The van der Waals surface area contributed by atoms with Crippen LogP contribution in [0.15, 0.2) is 41.7 Å². The Morgan fingerprint density at radius 1 is 1.20 bits per heavy atom. The number of aliphatic imine (C=N–C) groups is 1. The van der Waals surface area contributed by atoms with E-state index >= 15 is 0 Å². The number of amides is 1. The molecule has 4 N–H and O–H groups in total. The zero-order chi connectivity index (χ0) is 29.7. The minimum atomic E-state index is -3.67. The Labute approximate surface area is 237 Å². The highest BCUT2D eigenvalue weighted by atomic mass is 32.1. The van der Waals surface area contributed by atoms with Gasteiger partial charge in [0.15, 0.2) is 10.8 Å². The van der Waals surface area contributed by atoms with Gasteiger partial charge >= 0.3 is 6.16 Å². The van der Waals surface area contributed by atoms with Crippen molar-refractivity contribution in [3.8, 4) is 28.7 Å². The molecule has 1 aliphatic carbocycles. The molecule has 3 aromatic heterocycles. The van der Waals surface area contributed by atoms with Crippen LogP contribution >= 0.6 is 11.3 Å². The Kier molecular flexibility index (Phi) is 9.14. The number of halogens is 2. The van der Waals surface area contributed by atoms with E-state index in [2.05, 4.69) is 42.3 Å². The van der Waals surface area contributed by atoms with Crippen LogP contribution in [0.5, 0.6) is 5.75 Å². The molecule has 1 aliphatic rings. The van der Waals surface area contributed by atoms with Crippen LogP contribution in [0.3, 0.4) is 0 Å². The average Bonchev–Trinajstić information content (AvgIpc) is 3.64. The number of carbonyl (C=O) groups is 1. The molecule has 4 rings (SSSR count). The van der Waals surface area contributed by atoms with Gasteiger partial charge in [-0.1, -0.05) is 37.2 Å². The Balaban J connectivity index is 1.82. The van der Waals surface area contributed by atoms with Gasteiger partial charge in [0.25, 0.3) is 12.3 Å². The third kappa shape index (κ3) is 8.18. The number of pyridine rings is 2. The number of rotatable bonds is 9. The third-order valence-corrected chi connectivity index (χ3v) is 6.30. The number of hydrogen-bond donors (Lipinski definition) is 4. The summed E-state index contributed by atoms with van der Waals surface area (Å²) in [6, 6.07) is 2.31. The van der Waals surface area contributed by atoms with Crippen molar-refractivity contribution in [2.24, 2.45) is 16.8 Å². The van der Waals surface area contributed by atoms with Crippen molar-refractivity contribution >= 4 is 28.1 Å². The monoisotopic (exact) mass is 584 g/mol. The highest BCUT2D eigenvalue weighted by Gasteiger charge is 2.27. The molecule has 0 atom stereocenters. The number of nitrogens with zero attached hydrogens (tertiary/aromatic N) is 5. The fourth-order valence-corrected chi connectivity index (χ4v) is 4.06. The fraction of sp³-hybridized carbons (Fsp3) is 0.333. The molecular weight excluding hydrogens is 558 g/mol. The van der Waals surface area contributed by atoms with Gasteiger partial charge in [0.05, 0.1) is 23.2 Å². The molecule has 14 heteroatoms. The van der Waals surface area contributed by atoms with Gasteiger partial charge in [-0.3, -0.25) is 25.1 Å². The van der Waals surface area contributed by atoms with Gasteiger partial charge < -0.3 is 20.1 Å². The van der Waals surface area contributed by atoms with E-state index < -0.39 is 29.9 Å². The third-order valence-electron chi connectivity index (χ3n) is 5.55. The maximum absolute atomic E-state index is 13.6. The van der Waals surface area contributed by atoms with Gasteiger partial charge in [0.1, 0.15) is 5.69 Å². The van der Waals surface area contributed by atoms with Crippen molar-refractivity contribution in [3.05, 3.63) is 58.6 Å². The molecule has 0 bridgehead atoms. The summed E-state index contributed by atoms with van der Waals surface area (Å²) < 4.78 is 32.0. The van der Waals surface area contributed by atoms with Crippen LogP contribution in [-0.2, 0) is 0 Å². The average molecular weight is 585 g/mol. The molecule has 3 heterocycles. The maximum Gasteiger partial charge on any atom is 0.453 e. The summed E-state index contributed by atoms with van der Waals surface area (Å²) >= 11 is 1.06. The second kappa shape index (κ2) is 12.6. The van der Waals surface area contributed by atoms with E-state index in [4.69, 9.17) is 4.74 Å². The molecule has 1 saturated carbocycles. The number of alkyl halides is 2. The van der Waals surface area contributed by atoms with E-state index in [0.29, 0.717) is 16.6 Å². The standard InChI is InChI=1S/C27H26F2N6O5S/c1-14(2)4-8-19(30-3)20-10-16(17-11-21(24(28)29)32-13-22(17)40-27(37,38)39)18(12-31-20)25(36)33-26-35-34-23(41-26)9-7-15-5-6-15/h4,8,10-15,24,37-39H,5-6H2,1-3H3,(H,33,35,36)/b8-4-,30-19?. The van der Waals surface area contributed by atoms with E-state index in [1.165, 1.54) is 19.3 Å². The number of carbonyl (C=O) groups excluding carboxylic acids is 1. The number of aliphatic hydroxyl groups is 3. The molecule has 214 valence electrons. The van der Waals surface area contributed by atoms with Gasteiger partial charge in [0.2, 0.25) is 5.13 Å². The largest absolute Gasteiger partial charge is 0.453 e. The topological polar surface area (TPSA) is 163 Å². The molecule has 1 amide bonds. The molecule has 0 aromatic carbocycles. The zero-order valence-electron chi connectivity index (χ0n) is 22.2. The quantitative estimate of drug-likeness (QED) is 0.167. The van der Waals surface area contributed by atoms with Crippen molar-refractivity contribution in [2.45, 2.75) is 39.3 Å². The number of anilines is 1. The highest BCUT2D eigenvalue weighted by molar-refractivity contribution is 7.15. The van der Waals surface area contributed by atoms with Crippen molar-refractivity contribution in [1.29, 1.82) is 0 Å². The van der Waals surface area contributed by atoms with Crippen molar-refractivity contribution < 1.29 is 33.6 Å². The lowest BCUT2D eigenvalue weighted by molar-refractivity contribution is -0.419. The summed E-state index contributed by atoms with van der Waals surface area (Å²) in [5.41, 5.74) is -0.330. The van der Waals surface area contributed by atoms with Crippen LogP contribution in [0.4, 0.5) is 13.9 Å². The summed E-state index contributed by atoms with van der Waals surface area (Å²) in [5, 5.41) is 39.4. The SMILES string of the molecule is CN=C(/C=C\C(C)C)c1cc(-c2cc(C(F)F)ncc2OC(O)(O)O)c(C(=O)Nc2nnc(C#CC3CC3)s2)cn1. The summed E-state index contributed by atoms with van der Waals surface area (Å²) in [4.78, 5) is 25.6. The summed E-state index contributed by atoms with van der Waals surface area (Å²) in [6.45, 7) is 3.92. The van der Waals surface area contributed by atoms with Crippen LogP contribution in [0.1, 0.15) is 59.9 Å². The molecule has 11 nitrogen and oxygen atoms in total. The second-order valence-electron chi connectivity index (χ2n) is 9.32. The lowest BCUT2D eigenvalue weighted by atomic mass is 9.98. The Hall–Kier alpha value is -4.16. The van der Waals surface area contributed by atoms with Gasteiger partial charge in [-0.15, -0.1) is 10.2 Å². The fourth-order valence-electron chi connectivity index (χ4n) is 3.46. The second-order valence-corrected chi connectivity index (χ2v) is 10.3. The first-order valence-corrected chi connectivity index (χ1v) is 13.2. The van der Waals surface area contributed by atoms with Crippen LogP contribution in [0.25, 0.3) is 11.1 Å². The number of aromatic nitrogens is 4. The molecule has 0 saturated heterocycles. The molecule has 0 spiro atoms. The minimum absolute atomic E-state index is 0.00610. The minimum Gasteiger partial charge on any atom is -0.415 e. The smallest absolute Gasteiger partial charge is 0.415 e. The van der Waals surface area contributed by atoms with E-state index in [9.17, 15) is 28.9 Å². The molecule has 3 aromatic rings. The Morgan fingerprint density at radius 3 is 2.59 bits per heavy atom. The molecule has 0 radical (unpaired) electrons. The molecule has 1 fully saturated rings. The van der Waals surface area contributed by atoms with E-state index in [0.717, 1.165) is 36.4 Å². The van der Waals surface area contributed by atoms with E-state index in [1.807, 2.05) is 19.9 Å². The number of ether oxygens (including phenoxy) is 1. The van der Waals surface area contributed by atoms with Gasteiger partial charge in [-0.05, 0) is 42.9 Å². The van der Waals surface area contributed by atoms with Crippen molar-refractivity contribution in [2.75, 3.05) is 12.4 Å². The molecule has 41 heavy (non-hydrogen) atoms. The molecule has 0 aliphatic heterocycles. The predicted molar refractivity (Wildman–Crippen MR) is 146 cm³/mol. The van der Waals surface area contributed by atoms with Crippen molar-refractivity contribution in [3.63, 3.8) is 0 Å². The van der Waals surface area contributed by atoms with Gasteiger partial charge in [0, 0.05) is 30.3 Å². The van der Waals surface area contributed by atoms with E-state index in [-0.39, 0.29) is 33.4 Å². The highest BCUT2D eigenvalue weighted by Crippen LogP contribution is 2.36. The molecular formula is C27H26F2N6O5S. The summed E-state index contributed by atoms with van der Waals surface area (Å²) in [6.07, 6.45) is 0.975. The number of hydrogen-bond acceptors (Lipinski definition) is 11. The predicted octanol–water partition coefficient (Wildman–Crippen LogP) is 3.54. The summed E-state index contributed by atoms with van der Waals surface area (Å²) in [7, 11) is 1.54. The first-order valence-electron chi connectivity index (χ1n) is 12.4. The summed E-state index contributed by atoms with van der Waals surface area (Å²) in [5.74, 6) is 5.27. The zero-order valence-corrected chi connectivity index (χ0v) is 23.0. The maximum atomic E-state index is 13.6. The Morgan fingerprint density at radius 2 is 1.95 bits per heavy atom. The van der Waals surface area contributed by atoms with Crippen LogP contribution in [0, 0.1) is 23.7 Å². The van der Waals surface area contributed by atoms with Gasteiger partial charge in [-0.2, -0.15) is 0 Å². The molecule has 0 unspecified atom stereocenters. The Bertz CT molecular complexity index is 1550. The lowest BCUT2D eigenvalue weighted by Crippen LogP contribution is -2.34. The number of nitrogens with one attached hydrogen (secondary N) is 1. The normalized spacial score (nSPS) is 14.0.